The van der Waals surface area contributed by atoms with Crippen LogP contribution in [0.4, 0.5) is 0 Å². The predicted octanol–water partition coefficient (Wildman–Crippen LogP) is -1.70. The van der Waals surface area contributed by atoms with E-state index in [1.807, 2.05) is 0 Å². The van der Waals surface area contributed by atoms with Crippen LogP contribution in [0.1, 0.15) is 0 Å². The Morgan fingerprint density at radius 2 is 2.11 bits per heavy atom. The van der Waals surface area contributed by atoms with Gasteiger partial charge in [0.25, 0.3) is 0 Å². The highest BCUT2D eigenvalue weighted by atomic mass is 32.1. The Hall–Kier alpha value is -0.390. The maximum Gasteiger partial charge on any atom is 0.165 e. The van der Waals surface area contributed by atoms with Crippen molar-refractivity contribution in [2.24, 2.45) is 5.73 Å². The van der Waals surface area contributed by atoms with Crippen molar-refractivity contribution in [3.8, 4) is 0 Å². The summed E-state index contributed by atoms with van der Waals surface area (Å²) >= 11 is 4.62. The van der Waals surface area contributed by atoms with Gasteiger partial charge in [0.1, 0.15) is 6.29 Å². The molecule has 0 spiro atoms. The van der Waals surface area contributed by atoms with E-state index in [4.69, 9.17) is 5.73 Å². The van der Waals surface area contributed by atoms with E-state index in [2.05, 4.69) is 28.2 Å². The van der Waals surface area contributed by atoms with E-state index < -0.39 is 0 Å². The van der Waals surface area contributed by atoms with Crippen molar-refractivity contribution in [3.05, 3.63) is 0 Å². The Kier molecular flexibility index (Phi) is 2.21. The first kappa shape index (κ1) is 6.73. The summed E-state index contributed by atoms with van der Waals surface area (Å²) in [6.45, 7) is 1.92. The van der Waals surface area contributed by atoms with Crippen molar-refractivity contribution < 1.29 is 0 Å². The van der Waals surface area contributed by atoms with E-state index in [-0.39, 0.29) is 6.29 Å². The lowest BCUT2D eigenvalue weighted by Crippen LogP contribution is -2.49. The van der Waals surface area contributed by atoms with Crippen LogP contribution in [-0.2, 0) is 0 Å². The Morgan fingerprint density at radius 1 is 1.56 bits per heavy atom. The van der Waals surface area contributed by atoms with E-state index >= 15 is 0 Å². The van der Waals surface area contributed by atoms with Crippen LogP contribution in [0, 0.1) is 0 Å². The SMILES string of the molecule is NC(=S)NC1NCCN1. The van der Waals surface area contributed by atoms with Gasteiger partial charge in [0.05, 0.1) is 0 Å². The molecule has 0 bridgehead atoms. The monoisotopic (exact) mass is 146 g/mol. The van der Waals surface area contributed by atoms with Crippen molar-refractivity contribution in [2.75, 3.05) is 13.1 Å². The third-order valence-electron chi connectivity index (χ3n) is 1.11. The molecule has 0 saturated carbocycles. The molecule has 0 aromatic rings. The van der Waals surface area contributed by atoms with Crippen molar-refractivity contribution >= 4 is 17.3 Å². The zero-order valence-electron chi connectivity index (χ0n) is 4.98. The Bertz CT molecular complexity index is 109. The van der Waals surface area contributed by atoms with Crippen molar-refractivity contribution in [3.63, 3.8) is 0 Å². The highest BCUT2D eigenvalue weighted by molar-refractivity contribution is 7.80. The highest BCUT2D eigenvalue weighted by Gasteiger charge is 2.10. The molecule has 4 nitrogen and oxygen atoms in total. The first-order chi connectivity index (χ1) is 4.29. The van der Waals surface area contributed by atoms with Crippen LogP contribution in [0.5, 0.6) is 0 Å². The van der Waals surface area contributed by atoms with Crippen LogP contribution in [0.2, 0.25) is 0 Å². The summed E-state index contributed by atoms with van der Waals surface area (Å²) in [4.78, 5) is 0. The summed E-state index contributed by atoms with van der Waals surface area (Å²) in [5, 5.41) is 9.35. The second-order valence-corrected chi connectivity index (χ2v) is 2.29. The molecule has 0 atom stereocenters. The number of hydrogen-bond donors (Lipinski definition) is 4. The third kappa shape index (κ3) is 2.13. The Balaban J connectivity index is 2.19. The zero-order valence-corrected chi connectivity index (χ0v) is 5.79. The van der Waals surface area contributed by atoms with Gasteiger partial charge in [-0.2, -0.15) is 0 Å². The average molecular weight is 146 g/mol. The number of nitrogens with two attached hydrogens (primary N) is 1. The molecule has 0 radical (unpaired) electrons. The molecule has 1 rings (SSSR count). The first-order valence-electron chi connectivity index (χ1n) is 2.82. The molecule has 0 aliphatic carbocycles. The van der Waals surface area contributed by atoms with Crippen LogP contribution in [-0.4, -0.2) is 24.5 Å². The van der Waals surface area contributed by atoms with Crippen molar-refractivity contribution in [1.29, 1.82) is 0 Å². The standard InChI is InChI=1S/C4H10N4S/c5-3(9)8-4-6-1-2-7-4/h4,6-7H,1-2H2,(H3,5,8,9). The smallest absolute Gasteiger partial charge is 0.165 e. The van der Waals surface area contributed by atoms with Gasteiger partial charge in [-0.25, -0.2) is 0 Å². The molecule has 0 aromatic heterocycles. The molecule has 9 heavy (non-hydrogen) atoms. The van der Waals surface area contributed by atoms with Crippen LogP contribution in [0.3, 0.4) is 0 Å². The van der Waals surface area contributed by atoms with Gasteiger partial charge >= 0.3 is 0 Å². The second-order valence-electron chi connectivity index (χ2n) is 1.85. The minimum absolute atomic E-state index is 0.0718. The number of nitrogens with one attached hydrogen (secondary N) is 3. The largest absolute Gasteiger partial charge is 0.376 e. The summed E-state index contributed by atoms with van der Waals surface area (Å²) in [7, 11) is 0. The minimum Gasteiger partial charge on any atom is -0.376 e. The number of thiocarbonyl (C=S) groups is 1. The summed E-state index contributed by atoms with van der Waals surface area (Å²) in [5.74, 6) is 0. The highest BCUT2D eigenvalue weighted by Crippen LogP contribution is 1.77. The summed E-state index contributed by atoms with van der Waals surface area (Å²) < 4.78 is 0. The molecule has 1 heterocycles. The summed E-state index contributed by atoms with van der Waals surface area (Å²) in [6.07, 6.45) is 0.0718. The molecule has 1 aliphatic rings. The second kappa shape index (κ2) is 2.95. The van der Waals surface area contributed by atoms with Crippen LogP contribution in [0.15, 0.2) is 0 Å². The van der Waals surface area contributed by atoms with Gasteiger partial charge in [0.2, 0.25) is 0 Å². The van der Waals surface area contributed by atoms with Crippen molar-refractivity contribution in [2.45, 2.75) is 6.29 Å². The molecule has 0 aromatic carbocycles. The van der Waals surface area contributed by atoms with Gasteiger partial charge in [-0.05, 0) is 12.2 Å². The van der Waals surface area contributed by atoms with Gasteiger partial charge in [0, 0.05) is 13.1 Å². The maximum absolute atomic E-state index is 5.21. The number of hydrogen-bond acceptors (Lipinski definition) is 3. The summed E-state index contributed by atoms with van der Waals surface area (Å²) in [5.41, 5.74) is 5.21. The van der Waals surface area contributed by atoms with Gasteiger partial charge in [-0.1, -0.05) is 0 Å². The van der Waals surface area contributed by atoms with Gasteiger partial charge in [-0.15, -0.1) is 0 Å². The molecule has 52 valence electrons. The van der Waals surface area contributed by atoms with E-state index in [9.17, 15) is 0 Å². The molecular weight excluding hydrogens is 136 g/mol. The van der Waals surface area contributed by atoms with Gasteiger partial charge < -0.3 is 11.1 Å². The maximum atomic E-state index is 5.21. The fourth-order valence-corrected chi connectivity index (χ4v) is 0.867. The molecule has 1 aliphatic heterocycles. The van der Waals surface area contributed by atoms with Crippen LogP contribution < -0.4 is 21.7 Å². The normalized spacial score (nSPS) is 20.0. The minimum atomic E-state index is 0.0718. The molecule has 5 heteroatoms. The number of rotatable bonds is 1. The fourth-order valence-electron chi connectivity index (χ4n) is 0.750. The zero-order chi connectivity index (χ0) is 6.69. The molecular formula is C4H10N4S. The van der Waals surface area contributed by atoms with E-state index in [1.165, 1.54) is 0 Å². The lowest BCUT2D eigenvalue weighted by atomic mass is 10.7. The molecule has 0 unspecified atom stereocenters. The molecule has 5 N–H and O–H groups in total. The van der Waals surface area contributed by atoms with Gasteiger partial charge in [-0.3, -0.25) is 10.6 Å². The Morgan fingerprint density at radius 3 is 2.56 bits per heavy atom. The quantitative estimate of drug-likeness (QED) is 0.332. The van der Waals surface area contributed by atoms with Gasteiger partial charge in [0.15, 0.2) is 5.11 Å². The molecule has 0 amide bonds. The fraction of sp³-hybridized carbons (Fsp3) is 0.750. The molecule has 1 saturated heterocycles. The van der Waals surface area contributed by atoms with Crippen molar-refractivity contribution in [1.82, 2.24) is 16.0 Å². The van der Waals surface area contributed by atoms with Crippen LogP contribution >= 0.6 is 12.2 Å². The van der Waals surface area contributed by atoms with Crippen LogP contribution in [0.25, 0.3) is 0 Å². The average Bonchev–Trinajstić information content (AvgIpc) is 2.15. The topological polar surface area (TPSA) is 62.1 Å². The Labute approximate surface area is 59.2 Å². The molecule has 1 fully saturated rings. The lowest BCUT2D eigenvalue weighted by Gasteiger charge is -2.11. The third-order valence-corrected chi connectivity index (χ3v) is 1.23. The summed E-state index contributed by atoms with van der Waals surface area (Å²) in [6, 6.07) is 0. The predicted molar refractivity (Wildman–Crippen MR) is 39.7 cm³/mol. The first-order valence-corrected chi connectivity index (χ1v) is 3.22. The lowest BCUT2D eigenvalue weighted by molar-refractivity contribution is 0.523. The van der Waals surface area contributed by atoms with E-state index in [1.54, 1.807) is 0 Å². The van der Waals surface area contributed by atoms with E-state index in [0.717, 1.165) is 13.1 Å². The van der Waals surface area contributed by atoms with E-state index in [0.29, 0.717) is 5.11 Å².